The molecule has 0 spiro atoms. The first-order chi connectivity index (χ1) is 15.3. The van der Waals surface area contributed by atoms with Crippen LogP contribution >= 0.6 is 0 Å². The van der Waals surface area contributed by atoms with Crippen LogP contribution in [0, 0.1) is 18.8 Å². The van der Waals surface area contributed by atoms with Gasteiger partial charge < -0.3 is 19.4 Å². The molecule has 3 rings (SSSR count). The van der Waals surface area contributed by atoms with Gasteiger partial charge in [0, 0.05) is 5.56 Å². The van der Waals surface area contributed by atoms with Gasteiger partial charge in [-0.3, -0.25) is 9.69 Å². The van der Waals surface area contributed by atoms with E-state index >= 15 is 0 Å². The van der Waals surface area contributed by atoms with Crippen molar-refractivity contribution in [1.82, 2.24) is 9.88 Å². The zero-order valence-electron chi connectivity index (χ0n) is 17.6. The molecule has 0 aliphatic heterocycles. The van der Waals surface area contributed by atoms with E-state index in [4.69, 9.17) is 14.3 Å². The van der Waals surface area contributed by atoms with Crippen LogP contribution in [0.25, 0.3) is 11.5 Å². The van der Waals surface area contributed by atoms with Gasteiger partial charge in [0.15, 0.2) is 0 Å². The number of nitrogens with zero attached hydrogens (tertiary/aromatic N) is 2. The van der Waals surface area contributed by atoms with Gasteiger partial charge in [-0.25, -0.2) is 9.78 Å². The van der Waals surface area contributed by atoms with Gasteiger partial charge in [-0.05, 0) is 49.6 Å². The van der Waals surface area contributed by atoms with Gasteiger partial charge in [-0.1, -0.05) is 36.3 Å². The Kier molecular flexibility index (Phi) is 7.13. The van der Waals surface area contributed by atoms with Crippen molar-refractivity contribution >= 4 is 12.1 Å². The molecule has 1 aromatic heterocycles. The summed E-state index contributed by atoms with van der Waals surface area (Å²) >= 11 is 0. The van der Waals surface area contributed by atoms with Gasteiger partial charge in [0.25, 0.3) is 0 Å². The third-order valence-corrected chi connectivity index (χ3v) is 4.71. The van der Waals surface area contributed by atoms with Gasteiger partial charge in [-0.2, -0.15) is 0 Å². The van der Waals surface area contributed by atoms with E-state index in [9.17, 15) is 14.7 Å². The van der Waals surface area contributed by atoms with Crippen molar-refractivity contribution in [3.05, 3.63) is 71.6 Å². The number of hydrogen-bond donors (Lipinski definition) is 2. The Bertz CT molecular complexity index is 1140. The molecule has 32 heavy (non-hydrogen) atoms. The van der Waals surface area contributed by atoms with Gasteiger partial charge in [0.05, 0.1) is 11.7 Å². The average molecular weight is 434 g/mol. The number of oxazole rings is 1. The summed E-state index contributed by atoms with van der Waals surface area (Å²) in [5.74, 6) is 6.13. The number of benzene rings is 2. The maximum atomic E-state index is 11.3. The van der Waals surface area contributed by atoms with Crippen LogP contribution in [0.15, 0.2) is 59.0 Å². The molecule has 164 valence electrons. The Hall–Kier alpha value is -4.25. The van der Waals surface area contributed by atoms with E-state index in [1.807, 2.05) is 37.3 Å². The lowest BCUT2D eigenvalue weighted by Gasteiger charge is -2.25. The second-order valence-electron chi connectivity index (χ2n) is 6.94. The quantitative estimate of drug-likeness (QED) is 0.536. The van der Waals surface area contributed by atoms with E-state index in [1.54, 1.807) is 31.2 Å². The van der Waals surface area contributed by atoms with Crippen LogP contribution in [0.3, 0.4) is 0 Å². The number of amides is 1. The summed E-state index contributed by atoms with van der Waals surface area (Å²) in [6.07, 6.45) is -1.30. The summed E-state index contributed by atoms with van der Waals surface area (Å²) in [6.45, 7) is 2.97. The van der Waals surface area contributed by atoms with Crippen LogP contribution in [0.4, 0.5) is 4.79 Å². The topological polar surface area (TPSA) is 113 Å². The highest BCUT2D eigenvalue weighted by molar-refractivity contribution is 5.76. The molecule has 0 fully saturated rings. The molecule has 0 aliphatic rings. The smallest absolute Gasteiger partial charge is 0.408 e. The summed E-state index contributed by atoms with van der Waals surface area (Å²) in [6, 6.07) is 15.7. The second-order valence-corrected chi connectivity index (χ2v) is 6.94. The van der Waals surface area contributed by atoms with Gasteiger partial charge >= 0.3 is 12.1 Å². The molecular formula is C24H22N2O6. The molecule has 2 N–H and O–H groups in total. The molecule has 0 aliphatic carbocycles. The van der Waals surface area contributed by atoms with E-state index < -0.39 is 24.6 Å². The summed E-state index contributed by atoms with van der Waals surface area (Å²) in [4.78, 5) is 27.5. The fraction of sp³-hybridized carbons (Fsp3) is 0.208. The van der Waals surface area contributed by atoms with E-state index in [2.05, 4.69) is 16.8 Å². The second kappa shape index (κ2) is 10.2. The minimum absolute atomic E-state index is 0.121. The van der Waals surface area contributed by atoms with Crippen LogP contribution in [0.5, 0.6) is 5.75 Å². The fourth-order valence-electron chi connectivity index (χ4n) is 2.99. The van der Waals surface area contributed by atoms with Crippen LogP contribution < -0.4 is 4.74 Å². The Labute approximate surface area is 185 Å². The lowest BCUT2D eigenvalue weighted by atomic mass is 10.1. The standard InChI is InChI=1S/C24H22N2O6/c1-16-21(32-23(25-16)19-7-4-3-5-8-19)9-6-14-31-20-12-10-18(11-13-20)17(2)26(24(29)30)15-22(27)28/h3-5,7-8,10-13,17H,14-15H2,1-2H3,(H,27,28)(H,29,30). The summed E-state index contributed by atoms with van der Waals surface area (Å²) in [5.41, 5.74) is 2.22. The minimum Gasteiger partial charge on any atom is -0.481 e. The Morgan fingerprint density at radius 3 is 2.44 bits per heavy atom. The van der Waals surface area contributed by atoms with Crippen molar-refractivity contribution in [1.29, 1.82) is 0 Å². The maximum Gasteiger partial charge on any atom is 0.408 e. The average Bonchev–Trinajstić information content (AvgIpc) is 3.16. The Morgan fingerprint density at radius 2 is 1.81 bits per heavy atom. The first-order valence-electron chi connectivity index (χ1n) is 9.81. The maximum absolute atomic E-state index is 11.3. The molecule has 0 saturated heterocycles. The summed E-state index contributed by atoms with van der Waals surface area (Å²) in [7, 11) is 0. The molecule has 1 amide bonds. The molecule has 3 aromatic rings. The third-order valence-electron chi connectivity index (χ3n) is 4.71. The molecule has 0 bridgehead atoms. The van der Waals surface area contributed by atoms with Crippen LogP contribution in [0.2, 0.25) is 0 Å². The molecular weight excluding hydrogens is 412 g/mol. The van der Waals surface area contributed by atoms with Crippen molar-refractivity contribution < 1.29 is 29.0 Å². The molecule has 0 saturated carbocycles. The first-order valence-corrected chi connectivity index (χ1v) is 9.81. The normalized spacial score (nSPS) is 11.2. The molecule has 1 unspecified atom stereocenters. The molecule has 0 radical (unpaired) electrons. The number of aryl methyl sites for hydroxylation is 1. The van der Waals surface area contributed by atoms with Crippen LogP contribution in [0.1, 0.15) is 30.0 Å². The molecule has 2 aromatic carbocycles. The zero-order valence-corrected chi connectivity index (χ0v) is 17.6. The highest BCUT2D eigenvalue weighted by atomic mass is 16.5. The largest absolute Gasteiger partial charge is 0.481 e. The number of aromatic nitrogens is 1. The first kappa shape index (κ1) is 22.4. The van der Waals surface area contributed by atoms with Crippen LogP contribution in [-0.2, 0) is 4.79 Å². The predicted molar refractivity (Wildman–Crippen MR) is 116 cm³/mol. The molecule has 8 nitrogen and oxygen atoms in total. The molecule has 8 heteroatoms. The number of ether oxygens (including phenoxy) is 1. The number of carboxylic acids is 1. The summed E-state index contributed by atoms with van der Waals surface area (Å²) in [5, 5.41) is 18.1. The predicted octanol–water partition coefficient (Wildman–Crippen LogP) is 4.21. The van der Waals surface area contributed by atoms with Crippen molar-refractivity contribution in [3.8, 4) is 29.0 Å². The number of hydrogen-bond acceptors (Lipinski definition) is 5. The summed E-state index contributed by atoms with van der Waals surface area (Å²) < 4.78 is 11.3. The number of rotatable bonds is 7. The molecule has 1 heterocycles. The monoisotopic (exact) mass is 434 g/mol. The van der Waals surface area contributed by atoms with Crippen molar-refractivity contribution in [3.63, 3.8) is 0 Å². The van der Waals surface area contributed by atoms with Crippen molar-refractivity contribution in [2.75, 3.05) is 13.2 Å². The van der Waals surface area contributed by atoms with Crippen molar-refractivity contribution in [2.45, 2.75) is 19.9 Å². The Morgan fingerprint density at radius 1 is 1.12 bits per heavy atom. The van der Waals surface area contributed by atoms with E-state index in [0.29, 0.717) is 28.7 Å². The highest BCUT2D eigenvalue weighted by Gasteiger charge is 2.23. The lowest BCUT2D eigenvalue weighted by Crippen LogP contribution is -2.36. The van der Waals surface area contributed by atoms with E-state index in [0.717, 1.165) is 10.5 Å². The number of aliphatic carboxylic acids is 1. The SMILES string of the molecule is Cc1nc(-c2ccccc2)oc1C#CCOc1ccc(C(C)N(CC(=O)O)C(=O)O)cc1. The van der Waals surface area contributed by atoms with Crippen molar-refractivity contribution in [2.24, 2.45) is 0 Å². The van der Waals surface area contributed by atoms with Crippen LogP contribution in [-0.4, -0.2) is 45.3 Å². The molecule has 1 atom stereocenters. The van der Waals surface area contributed by atoms with E-state index in [-0.39, 0.29) is 6.61 Å². The number of carboxylic acid groups (broad SMARTS) is 2. The highest BCUT2D eigenvalue weighted by Crippen LogP contribution is 2.23. The van der Waals surface area contributed by atoms with Gasteiger partial charge in [0.1, 0.15) is 18.9 Å². The third kappa shape index (κ3) is 5.67. The minimum atomic E-state index is -1.30. The Balaban J connectivity index is 1.60. The van der Waals surface area contributed by atoms with E-state index in [1.165, 1.54) is 0 Å². The zero-order chi connectivity index (χ0) is 23.1. The fourth-order valence-corrected chi connectivity index (χ4v) is 2.99. The number of carbonyl (C=O) groups is 2. The van der Waals surface area contributed by atoms with Gasteiger partial charge in [0.2, 0.25) is 11.7 Å². The lowest BCUT2D eigenvalue weighted by molar-refractivity contribution is -0.138. The van der Waals surface area contributed by atoms with Gasteiger partial charge in [-0.15, -0.1) is 0 Å².